The topological polar surface area (TPSA) is 21.3 Å². The smallest absolute Gasteiger partial charge is 0.168 e. The van der Waals surface area contributed by atoms with Crippen LogP contribution >= 0.6 is 0 Å². The molecule has 2 nitrogen and oxygen atoms in total. The molecule has 1 aliphatic rings. The van der Waals surface area contributed by atoms with Gasteiger partial charge in [0.1, 0.15) is 0 Å². The van der Waals surface area contributed by atoms with E-state index in [4.69, 9.17) is 4.74 Å². The molecule has 1 aromatic carbocycles. The second-order valence-corrected chi connectivity index (χ2v) is 6.07. The molecule has 21 heavy (non-hydrogen) atoms. The number of methoxy groups -OCH3 is 1. The highest BCUT2D eigenvalue weighted by atomic mass is 19.1. The van der Waals surface area contributed by atoms with Gasteiger partial charge in [0.15, 0.2) is 11.6 Å². The zero-order valence-electron chi connectivity index (χ0n) is 13.3. The van der Waals surface area contributed by atoms with Crippen molar-refractivity contribution in [3.8, 4) is 5.75 Å². The lowest BCUT2D eigenvalue weighted by Gasteiger charge is -2.26. The number of hydrogen-bond acceptors (Lipinski definition) is 2. The van der Waals surface area contributed by atoms with E-state index < -0.39 is 0 Å². The predicted molar refractivity (Wildman–Crippen MR) is 85.4 cm³/mol. The molecular formula is C18H28FNO. The van der Waals surface area contributed by atoms with Crippen molar-refractivity contribution in [3.05, 3.63) is 29.6 Å². The SMILES string of the molecule is CCCNCC1CCCCCC1c1cccc(OC)c1F. The van der Waals surface area contributed by atoms with Gasteiger partial charge in [-0.2, -0.15) is 0 Å². The number of nitrogens with one attached hydrogen (secondary N) is 1. The van der Waals surface area contributed by atoms with Gasteiger partial charge < -0.3 is 10.1 Å². The molecule has 1 aliphatic carbocycles. The number of halogens is 1. The molecule has 0 spiro atoms. The van der Waals surface area contributed by atoms with E-state index in [9.17, 15) is 4.39 Å². The van der Waals surface area contributed by atoms with Gasteiger partial charge in [-0.3, -0.25) is 0 Å². The molecule has 0 aromatic heterocycles. The fraction of sp³-hybridized carbons (Fsp3) is 0.667. The molecule has 0 bridgehead atoms. The molecule has 1 fully saturated rings. The van der Waals surface area contributed by atoms with E-state index in [0.717, 1.165) is 31.5 Å². The maximum Gasteiger partial charge on any atom is 0.168 e. The Kier molecular flexibility index (Phi) is 6.50. The summed E-state index contributed by atoms with van der Waals surface area (Å²) in [6.07, 6.45) is 7.16. The Morgan fingerprint density at radius 3 is 2.81 bits per heavy atom. The summed E-state index contributed by atoms with van der Waals surface area (Å²) in [5, 5.41) is 3.53. The molecule has 118 valence electrons. The molecule has 0 saturated heterocycles. The summed E-state index contributed by atoms with van der Waals surface area (Å²) >= 11 is 0. The summed E-state index contributed by atoms with van der Waals surface area (Å²) in [5.74, 6) is 1.05. The standard InChI is InChI=1S/C18H28FNO/c1-3-12-20-13-14-8-5-4-6-9-15(14)16-10-7-11-17(21-2)18(16)19/h7,10-11,14-15,20H,3-6,8-9,12-13H2,1-2H3. The summed E-state index contributed by atoms with van der Waals surface area (Å²) in [6, 6.07) is 5.57. The van der Waals surface area contributed by atoms with Crippen LogP contribution in [0, 0.1) is 11.7 Å². The highest BCUT2D eigenvalue weighted by Crippen LogP contribution is 2.39. The van der Waals surface area contributed by atoms with Gasteiger partial charge in [0.05, 0.1) is 7.11 Å². The van der Waals surface area contributed by atoms with Gasteiger partial charge in [-0.05, 0) is 55.8 Å². The molecular weight excluding hydrogens is 265 g/mol. The van der Waals surface area contributed by atoms with Crippen molar-refractivity contribution in [2.24, 2.45) is 5.92 Å². The van der Waals surface area contributed by atoms with Crippen LogP contribution in [0.3, 0.4) is 0 Å². The minimum Gasteiger partial charge on any atom is -0.494 e. The van der Waals surface area contributed by atoms with Crippen molar-refractivity contribution in [2.75, 3.05) is 20.2 Å². The number of hydrogen-bond donors (Lipinski definition) is 1. The number of ether oxygens (including phenoxy) is 1. The highest BCUT2D eigenvalue weighted by molar-refractivity contribution is 5.33. The van der Waals surface area contributed by atoms with Crippen LogP contribution in [0.5, 0.6) is 5.75 Å². The fourth-order valence-electron chi connectivity index (χ4n) is 3.47. The molecule has 0 aliphatic heterocycles. The summed E-state index contributed by atoms with van der Waals surface area (Å²) in [7, 11) is 1.54. The van der Waals surface area contributed by atoms with Crippen molar-refractivity contribution in [1.82, 2.24) is 5.32 Å². The lowest BCUT2D eigenvalue weighted by Crippen LogP contribution is -2.28. The molecule has 2 unspecified atom stereocenters. The summed E-state index contributed by atoms with van der Waals surface area (Å²) < 4.78 is 19.8. The lowest BCUT2D eigenvalue weighted by molar-refractivity contribution is 0.352. The Hall–Kier alpha value is -1.09. The van der Waals surface area contributed by atoms with Crippen molar-refractivity contribution < 1.29 is 9.13 Å². The van der Waals surface area contributed by atoms with Crippen LogP contribution < -0.4 is 10.1 Å². The third-order valence-corrected chi connectivity index (χ3v) is 4.60. The minimum absolute atomic E-state index is 0.160. The molecule has 0 radical (unpaired) electrons. The van der Waals surface area contributed by atoms with Crippen LogP contribution in [-0.2, 0) is 0 Å². The van der Waals surface area contributed by atoms with E-state index in [1.807, 2.05) is 12.1 Å². The van der Waals surface area contributed by atoms with Crippen LogP contribution in [-0.4, -0.2) is 20.2 Å². The first-order valence-corrected chi connectivity index (χ1v) is 8.31. The lowest BCUT2D eigenvalue weighted by atomic mass is 9.82. The summed E-state index contributed by atoms with van der Waals surface area (Å²) in [5.41, 5.74) is 0.847. The van der Waals surface area contributed by atoms with Gasteiger partial charge in [-0.25, -0.2) is 4.39 Å². The average Bonchev–Trinajstić information content (AvgIpc) is 2.73. The van der Waals surface area contributed by atoms with Gasteiger partial charge in [0, 0.05) is 0 Å². The monoisotopic (exact) mass is 293 g/mol. The van der Waals surface area contributed by atoms with Gasteiger partial charge in [-0.1, -0.05) is 38.3 Å². The molecule has 1 aromatic rings. The van der Waals surface area contributed by atoms with Crippen LogP contribution in [0.4, 0.5) is 4.39 Å². The van der Waals surface area contributed by atoms with Crippen LogP contribution in [0.1, 0.15) is 56.9 Å². The second-order valence-electron chi connectivity index (χ2n) is 6.07. The maximum atomic E-state index is 14.6. The minimum atomic E-state index is -0.160. The van der Waals surface area contributed by atoms with Crippen LogP contribution in [0.15, 0.2) is 18.2 Å². The van der Waals surface area contributed by atoms with Crippen molar-refractivity contribution >= 4 is 0 Å². The first kappa shape index (κ1) is 16.3. The molecule has 3 heteroatoms. The largest absolute Gasteiger partial charge is 0.494 e. The second kappa shape index (κ2) is 8.38. The van der Waals surface area contributed by atoms with Gasteiger partial charge in [0.25, 0.3) is 0 Å². The number of rotatable bonds is 6. The quantitative estimate of drug-likeness (QED) is 0.616. The highest BCUT2D eigenvalue weighted by Gasteiger charge is 2.27. The zero-order chi connectivity index (χ0) is 15.1. The Bertz CT molecular complexity index is 435. The molecule has 1 saturated carbocycles. The first-order chi connectivity index (χ1) is 10.3. The molecule has 0 heterocycles. The molecule has 0 amide bonds. The zero-order valence-corrected chi connectivity index (χ0v) is 13.3. The molecule has 1 N–H and O–H groups in total. The van der Waals surface area contributed by atoms with Crippen LogP contribution in [0.2, 0.25) is 0 Å². The maximum absolute atomic E-state index is 14.6. The predicted octanol–water partition coefficient (Wildman–Crippen LogP) is 4.50. The Balaban J connectivity index is 2.19. The Labute approximate surface area is 128 Å². The van der Waals surface area contributed by atoms with E-state index in [1.165, 1.54) is 32.8 Å². The Morgan fingerprint density at radius 2 is 2.05 bits per heavy atom. The normalized spacial score (nSPS) is 22.8. The molecule has 2 atom stereocenters. The van der Waals surface area contributed by atoms with Gasteiger partial charge in [0.2, 0.25) is 0 Å². The van der Waals surface area contributed by atoms with Crippen molar-refractivity contribution in [2.45, 2.75) is 51.4 Å². The van der Waals surface area contributed by atoms with Crippen molar-refractivity contribution in [1.29, 1.82) is 0 Å². The molecule has 2 rings (SSSR count). The summed E-state index contributed by atoms with van der Waals surface area (Å²) in [4.78, 5) is 0. The van der Waals surface area contributed by atoms with Gasteiger partial charge >= 0.3 is 0 Å². The third-order valence-electron chi connectivity index (χ3n) is 4.60. The van der Waals surface area contributed by atoms with E-state index in [1.54, 1.807) is 6.07 Å². The third kappa shape index (κ3) is 4.19. The van der Waals surface area contributed by atoms with E-state index in [-0.39, 0.29) is 5.82 Å². The van der Waals surface area contributed by atoms with E-state index in [2.05, 4.69) is 12.2 Å². The van der Waals surface area contributed by atoms with Gasteiger partial charge in [-0.15, -0.1) is 0 Å². The average molecular weight is 293 g/mol. The van der Waals surface area contributed by atoms with E-state index >= 15 is 0 Å². The van der Waals surface area contributed by atoms with Crippen molar-refractivity contribution in [3.63, 3.8) is 0 Å². The van der Waals surface area contributed by atoms with E-state index in [0.29, 0.717) is 17.6 Å². The van der Waals surface area contributed by atoms with Crippen LogP contribution in [0.25, 0.3) is 0 Å². The Morgan fingerprint density at radius 1 is 1.24 bits per heavy atom. The fourth-order valence-corrected chi connectivity index (χ4v) is 3.47. The number of benzene rings is 1. The first-order valence-electron chi connectivity index (χ1n) is 8.31. The summed E-state index contributed by atoms with van der Waals surface area (Å²) in [6.45, 7) is 4.22.